The molecule has 0 radical (unpaired) electrons. The van der Waals surface area contributed by atoms with Crippen LogP contribution >= 0.6 is 0 Å². The molecule has 0 aromatic heterocycles. The van der Waals surface area contributed by atoms with Gasteiger partial charge in [0.25, 0.3) is 0 Å². The van der Waals surface area contributed by atoms with Crippen LogP contribution in [0, 0.1) is 0 Å². The number of amides is 1. The monoisotopic (exact) mass is 378 g/mol. The molecule has 6 heteroatoms. The number of nitrogens with one attached hydrogen (secondary N) is 1. The van der Waals surface area contributed by atoms with Gasteiger partial charge in [-0.3, -0.25) is 9.79 Å². The van der Waals surface area contributed by atoms with E-state index in [0.717, 1.165) is 6.08 Å². The molecule has 144 valence electrons. The number of aliphatic imine (C=N–C) groups is 1. The number of carbonyl (C=O) groups is 2. The average molecular weight is 378 g/mol. The van der Waals surface area contributed by atoms with Gasteiger partial charge in [0.15, 0.2) is 0 Å². The minimum atomic E-state index is -1.10. The minimum Gasteiger partial charge on any atom is -0.508 e. The summed E-state index contributed by atoms with van der Waals surface area (Å²) in [6, 6.07) is 13.8. The Morgan fingerprint density at radius 1 is 1.11 bits per heavy atom. The second kappa shape index (κ2) is 9.87. The molecule has 0 heterocycles. The largest absolute Gasteiger partial charge is 0.508 e. The van der Waals surface area contributed by atoms with Gasteiger partial charge in [0, 0.05) is 29.8 Å². The van der Waals surface area contributed by atoms with Gasteiger partial charge in [0.2, 0.25) is 5.91 Å². The number of hydrogen-bond acceptors (Lipinski definition) is 4. The van der Waals surface area contributed by atoms with Crippen LogP contribution in [0.25, 0.3) is 5.57 Å². The Balaban J connectivity index is 2.34. The van der Waals surface area contributed by atoms with Crippen LogP contribution in [-0.2, 0) is 9.59 Å². The Morgan fingerprint density at radius 3 is 2.46 bits per heavy atom. The Labute approximate surface area is 163 Å². The van der Waals surface area contributed by atoms with Gasteiger partial charge >= 0.3 is 5.97 Å². The van der Waals surface area contributed by atoms with Crippen molar-refractivity contribution < 1.29 is 19.8 Å². The first kappa shape index (κ1) is 20.6. The fourth-order valence-corrected chi connectivity index (χ4v) is 2.50. The highest BCUT2D eigenvalue weighted by Gasteiger charge is 2.17. The van der Waals surface area contributed by atoms with Crippen molar-refractivity contribution >= 4 is 29.4 Å². The molecular weight excluding hydrogens is 356 g/mol. The molecule has 0 fully saturated rings. The average Bonchev–Trinajstić information content (AvgIpc) is 2.67. The van der Waals surface area contributed by atoms with Crippen LogP contribution in [0.2, 0.25) is 0 Å². The third-order valence-electron chi connectivity index (χ3n) is 3.98. The lowest BCUT2D eigenvalue weighted by molar-refractivity contribution is -0.131. The first-order valence-electron chi connectivity index (χ1n) is 8.70. The molecular formula is C22H22N2O4. The number of allylic oxidation sites excluding steroid dienone is 2. The van der Waals surface area contributed by atoms with E-state index in [2.05, 4.69) is 10.3 Å². The molecule has 28 heavy (non-hydrogen) atoms. The van der Waals surface area contributed by atoms with Gasteiger partial charge < -0.3 is 15.5 Å². The molecule has 0 aliphatic heterocycles. The number of phenolic OH excluding ortho intramolecular Hbond substituents is 1. The fraction of sp³-hybridized carbons (Fsp3) is 0.136. The second-order valence-electron chi connectivity index (χ2n) is 6.05. The minimum absolute atomic E-state index is 0.0260. The van der Waals surface area contributed by atoms with Crippen molar-refractivity contribution in [2.24, 2.45) is 4.99 Å². The molecule has 0 spiro atoms. The summed E-state index contributed by atoms with van der Waals surface area (Å²) in [4.78, 5) is 27.5. The fourth-order valence-electron chi connectivity index (χ4n) is 2.50. The summed E-state index contributed by atoms with van der Waals surface area (Å²) in [5, 5.41) is 21.9. The van der Waals surface area contributed by atoms with E-state index < -0.39 is 11.9 Å². The number of benzene rings is 2. The number of para-hydroxylation sites is 1. The van der Waals surface area contributed by atoms with E-state index in [1.165, 1.54) is 24.4 Å². The van der Waals surface area contributed by atoms with E-state index in [4.69, 9.17) is 5.11 Å². The van der Waals surface area contributed by atoms with Gasteiger partial charge in [-0.15, -0.1) is 0 Å². The maximum Gasteiger partial charge on any atom is 0.328 e. The summed E-state index contributed by atoms with van der Waals surface area (Å²) in [6.07, 6.45) is 5.44. The highest BCUT2D eigenvalue weighted by Crippen LogP contribution is 2.28. The maximum absolute atomic E-state index is 12.6. The molecule has 0 bridgehead atoms. The van der Waals surface area contributed by atoms with Gasteiger partial charge in [-0.1, -0.05) is 24.3 Å². The van der Waals surface area contributed by atoms with Crippen LogP contribution in [0.3, 0.4) is 0 Å². The number of aliphatic carboxylic acids is 1. The number of nitrogens with zero attached hydrogens (tertiary/aromatic N) is 1. The van der Waals surface area contributed by atoms with E-state index in [9.17, 15) is 14.7 Å². The Morgan fingerprint density at radius 2 is 1.82 bits per heavy atom. The van der Waals surface area contributed by atoms with Crippen LogP contribution in [0.15, 0.2) is 71.9 Å². The first-order valence-corrected chi connectivity index (χ1v) is 8.70. The highest BCUT2D eigenvalue weighted by atomic mass is 16.4. The van der Waals surface area contributed by atoms with E-state index >= 15 is 0 Å². The molecule has 1 amide bonds. The van der Waals surface area contributed by atoms with Crippen LogP contribution in [0.5, 0.6) is 5.75 Å². The highest BCUT2D eigenvalue weighted by molar-refractivity contribution is 5.96. The number of phenols is 1. The lowest BCUT2D eigenvalue weighted by Gasteiger charge is -2.15. The van der Waals surface area contributed by atoms with Crippen molar-refractivity contribution in [1.29, 1.82) is 0 Å². The molecule has 6 nitrogen and oxygen atoms in total. The van der Waals surface area contributed by atoms with E-state index in [0.29, 0.717) is 22.4 Å². The molecule has 3 N–H and O–H groups in total. The second-order valence-corrected chi connectivity index (χ2v) is 6.05. The van der Waals surface area contributed by atoms with Crippen molar-refractivity contribution in [3.8, 4) is 5.75 Å². The number of anilines is 1. The zero-order valence-corrected chi connectivity index (χ0v) is 15.7. The van der Waals surface area contributed by atoms with E-state index in [1.807, 2.05) is 18.2 Å². The molecule has 2 aromatic carbocycles. The molecule has 0 aliphatic carbocycles. The SMILES string of the molecule is C\C=N/C=C(\C=C\C(=O)O)c1cc(O)cc(C(C)C(=O)Nc2ccccc2)c1. The number of carbonyl (C=O) groups excluding carboxylic acids is 1. The molecule has 1 unspecified atom stereocenters. The summed E-state index contributed by atoms with van der Waals surface area (Å²) in [6.45, 7) is 3.47. The number of rotatable bonds is 7. The third-order valence-corrected chi connectivity index (χ3v) is 3.98. The van der Waals surface area contributed by atoms with Gasteiger partial charge in [-0.05, 0) is 55.3 Å². The summed E-state index contributed by atoms with van der Waals surface area (Å²) in [7, 11) is 0. The van der Waals surface area contributed by atoms with E-state index in [1.54, 1.807) is 38.3 Å². The van der Waals surface area contributed by atoms with Crippen LogP contribution < -0.4 is 5.32 Å². The van der Waals surface area contributed by atoms with Crippen LogP contribution in [0.1, 0.15) is 30.9 Å². The Hall–Kier alpha value is -3.67. The van der Waals surface area contributed by atoms with Crippen LogP contribution in [0.4, 0.5) is 5.69 Å². The molecule has 0 saturated carbocycles. The summed E-state index contributed by atoms with van der Waals surface area (Å²) in [5.41, 5.74) is 2.33. The molecule has 1 atom stereocenters. The molecule has 2 rings (SSSR count). The van der Waals surface area contributed by atoms with Gasteiger partial charge in [0.05, 0.1) is 5.92 Å². The molecule has 0 aliphatic rings. The topological polar surface area (TPSA) is 99.0 Å². The van der Waals surface area contributed by atoms with Crippen molar-refractivity contribution in [3.05, 3.63) is 78.0 Å². The summed E-state index contributed by atoms with van der Waals surface area (Å²) < 4.78 is 0. The van der Waals surface area contributed by atoms with Crippen molar-refractivity contribution in [3.63, 3.8) is 0 Å². The number of carboxylic acids is 1. The number of hydrogen-bond donors (Lipinski definition) is 3. The zero-order valence-electron chi connectivity index (χ0n) is 15.7. The first-order chi connectivity index (χ1) is 13.4. The van der Waals surface area contributed by atoms with Crippen molar-refractivity contribution in [2.75, 3.05) is 5.32 Å². The van der Waals surface area contributed by atoms with Gasteiger partial charge in [-0.2, -0.15) is 0 Å². The van der Waals surface area contributed by atoms with Crippen LogP contribution in [-0.4, -0.2) is 28.3 Å². The van der Waals surface area contributed by atoms with Gasteiger partial charge in [0.1, 0.15) is 5.75 Å². The maximum atomic E-state index is 12.6. The Kier molecular flexibility index (Phi) is 7.28. The van der Waals surface area contributed by atoms with E-state index in [-0.39, 0.29) is 11.7 Å². The predicted octanol–water partition coefficient (Wildman–Crippen LogP) is 4.21. The van der Waals surface area contributed by atoms with Crippen molar-refractivity contribution in [2.45, 2.75) is 19.8 Å². The lowest BCUT2D eigenvalue weighted by Crippen LogP contribution is -2.18. The lowest BCUT2D eigenvalue weighted by atomic mass is 9.95. The summed E-state index contributed by atoms with van der Waals surface area (Å²) >= 11 is 0. The van der Waals surface area contributed by atoms with Crippen molar-refractivity contribution in [1.82, 2.24) is 0 Å². The number of carboxylic acid groups (broad SMARTS) is 1. The third kappa shape index (κ3) is 5.95. The predicted molar refractivity (Wildman–Crippen MR) is 111 cm³/mol. The normalized spacial score (nSPS) is 13.0. The summed E-state index contributed by atoms with van der Waals surface area (Å²) in [5.74, 6) is -1.88. The standard InChI is InChI=1S/C22H22N2O4/c1-3-23-14-16(9-10-21(26)27)18-11-17(12-20(25)13-18)15(2)22(28)24-19-7-5-4-6-8-19/h3-15,25H,1-2H3,(H,24,28)(H,26,27)/b10-9+,16-14+,23-3-. The Bertz CT molecular complexity index is 931. The zero-order chi connectivity index (χ0) is 20.5. The number of aromatic hydroxyl groups is 1. The molecule has 2 aromatic rings. The smallest absolute Gasteiger partial charge is 0.328 e. The molecule has 0 saturated heterocycles. The van der Waals surface area contributed by atoms with Gasteiger partial charge in [-0.25, -0.2) is 4.79 Å². The quantitative estimate of drug-likeness (QED) is 0.382.